The predicted octanol–water partition coefficient (Wildman–Crippen LogP) is 0.560. The van der Waals surface area contributed by atoms with Crippen molar-refractivity contribution >= 4 is 10.0 Å². The molecule has 1 rings (SSSR count). The van der Waals surface area contributed by atoms with Crippen molar-refractivity contribution in [1.82, 2.24) is 9.71 Å². The Morgan fingerprint density at radius 1 is 1.33 bits per heavy atom. The van der Waals surface area contributed by atoms with Gasteiger partial charge in [0.15, 0.2) is 0 Å². The molecule has 0 radical (unpaired) electrons. The van der Waals surface area contributed by atoms with Crippen molar-refractivity contribution in [1.29, 1.82) is 0 Å². The molecular formula is C12H20N2O3S. The number of aromatic nitrogens is 1. The van der Waals surface area contributed by atoms with Crippen LogP contribution in [-0.4, -0.2) is 36.9 Å². The van der Waals surface area contributed by atoms with Crippen LogP contribution in [0.15, 0.2) is 24.5 Å². The molecule has 18 heavy (non-hydrogen) atoms. The Balaban J connectivity index is 2.41. The largest absolute Gasteiger partial charge is 0.391 e. The molecule has 1 atom stereocenters. The highest BCUT2D eigenvalue weighted by atomic mass is 32.2. The summed E-state index contributed by atoms with van der Waals surface area (Å²) in [6, 6.07) is 3.58. The van der Waals surface area contributed by atoms with Crippen LogP contribution in [0.25, 0.3) is 0 Å². The van der Waals surface area contributed by atoms with Crippen LogP contribution in [0.2, 0.25) is 0 Å². The third-order valence-corrected chi connectivity index (χ3v) is 4.04. The molecule has 0 saturated carbocycles. The molecule has 1 heterocycles. The predicted molar refractivity (Wildman–Crippen MR) is 70.6 cm³/mol. The normalized spacial score (nSPS) is 13.8. The summed E-state index contributed by atoms with van der Waals surface area (Å²) in [5.41, 5.74) is 0.930. The van der Waals surface area contributed by atoms with E-state index in [4.69, 9.17) is 0 Å². The number of nitrogens with zero attached hydrogens (tertiary/aromatic N) is 1. The Labute approximate surface area is 108 Å². The average Bonchev–Trinajstić information content (AvgIpc) is 2.35. The van der Waals surface area contributed by atoms with Gasteiger partial charge in [-0.15, -0.1) is 0 Å². The molecule has 0 bridgehead atoms. The highest BCUT2D eigenvalue weighted by molar-refractivity contribution is 7.89. The van der Waals surface area contributed by atoms with E-state index in [1.165, 1.54) is 0 Å². The van der Waals surface area contributed by atoms with Gasteiger partial charge in [-0.1, -0.05) is 13.8 Å². The minimum absolute atomic E-state index is 0.0157. The van der Waals surface area contributed by atoms with Gasteiger partial charge in [-0.3, -0.25) is 4.98 Å². The summed E-state index contributed by atoms with van der Waals surface area (Å²) in [6.07, 6.45) is 3.06. The zero-order chi connectivity index (χ0) is 13.6. The molecule has 6 heteroatoms. The number of hydrogen-bond donors (Lipinski definition) is 2. The molecule has 0 aliphatic heterocycles. The van der Waals surface area contributed by atoms with Gasteiger partial charge in [-0.25, -0.2) is 13.1 Å². The van der Waals surface area contributed by atoms with Gasteiger partial charge >= 0.3 is 0 Å². The van der Waals surface area contributed by atoms with Crippen LogP contribution in [0.4, 0.5) is 0 Å². The Kier molecular flexibility index (Phi) is 5.71. The van der Waals surface area contributed by atoms with Gasteiger partial charge < -0.3 is 5.11 Å². The molecule has 2 N–H and O–H groups in total. The number of sulfonamides is 1. The number of aliphatic hydroxyl groups excluding tert-OH is 1. The summed E-state index contributed by atoms with van der Waals surface area (Å²) < 4.78 is 25.8. The van der Waals surface area contributed by atoms with Crippen LogP contribution in [0.5, 0.6) is 0 Å². The number of aryl methyl sites for hydroxylation is 1. The lowest BCUT2D eigenvalue weighted by atomic mass is 10.1. The van der Waals surface area contributed by atoms with Crippen LogP contribution in [0, 0.1) is 5.92 Å². The van der Waals surface area contributed by atoms with Crippen LogP contribution in [-0.2, 0) is 16.4 Å². The van der Waals surface area contributed by atoms with Crippen molar-refractivity contribution in [2.75, 3.05) is 12.3 Å². The number of nitrogens with one attached hydrogen (secondary N) is 1. The second-order valence-corrected chi connectivity index (χ2v) is 6.51. The van der Waals surface area contributed by atoms with Crippen molar-refractivity contribution in [3.05, 3.63) is 30.1 Å². The smallest absolute Gasteiger partial charge is 0.212 e. The monoisotopic (exact) mass is 272 g/mol. The van der Waals surface area contributed by atoms with Gasteiger partial charge in [0, 0.05) is 18.9 Å². The second kappa shape index (κ2) is 6.82. The SMILES string of the molecule is CC(C)C(O)CNS(=O)(=O)CCc1ccncc1. The fraction of sp³-hybridized carbons (Fsp3) is 0.583. The first-order valence-electron chi connectivity index (χ1n) is 5.95. The summed E-state index contributed by atoms with van der Waals surface area (Å²) in [5.74, 6) is 0.0508. The molecule has 1 unspecified atom stereocenters. The molecule has 0 aliphatic carbocycles. The first-order chi connectivity index (χ1) is 8.41. The first-order valence-corrected chi connectivity index (χ1v) is 7.60. The number of hydrogen-bond acceptors (Lipinski definition) is 4. The molecule has 0 fully saturated rings. The van der Waals surface area contributed by atoms with Crippen LogP contribution < -0.4 is 4.72 Å². The Morgan fingerprint density at radius 2 is 1.94 bits per heavy atom. The van der Waals surface area contributed by atoms with Crippen molar-refractivity contribution in [2.45, 2.75) is 26.4 Å². The molecule has 0 aromatic carbocycles. The quantitative estimate of drug-likeness (QED) is 0.760. The van der Waals surface area contributed by atoms with E-state index in [9.17, 15) is 13.5 Å². The molecule has 0 spiro atoms. The van der Waals surface area contributed by atoms with Crippen LogP contribution in [0.3, 0.4) is 0 Å². The maximum Gasteiger partial charge on any atom is 0.212 e. The maximum absolute atomic E-state index is 11.7. The maximum atomic E-state index is 11.7. The van der Waals surface area contributed by atoms with Crippen molar-refractivity contribution in [2.24, 2.45) is 5.92 Å². The molecule has 0 saturated heterocycles. The van der Waals surface area contributed by atoms with Crippen LogP contribution >= 0.6 is 0 Å². The molecule has 5 nitrogen and oxygen atoms in total. The third kappa shape index (κ3) is 5.57. The lowest BCUT2D eigenvalue weighted by Gasteiger charge is -2.15. The van der Waals surface area contributed by atoms with E-state index in [1.807, 2.05) is 13.8 Å². The summed E-state index contributed by atoms with van der Waals surface area (Å²) >= 11 is 0. The Hall–Kier alpha value is -0.980. The fourth-order valence-corrected chi connectivity index (χ4v) is 2.40. The third-order valence-electron chi connectivity index (χ3n) is 2.69. The van der Waals surface area contributed by atoms with Crippen LogP contribution in [0.1, 0.15) is 19.4 Å². The van der Waals surface area contributed by atoms with Gasteiger partial charge in [0.1, 0.15) is 0 Å². The standard InChI is InChI=1S/C12H20N2O3S/c1-10(2)12(15)9-14-18(16,17)8-5-11-3-6-13-7-4-11/h3-4,6-7,10,12,14-15H,5,8-9H2,1-2H3. The lowest BCUT2D eigenvalue weighted by molar-refractivity contribution is 0.129. The van der Waals surface area contributed by atoms with Gasteiger partial charge in [-0.05, 0) is 30.0 Å². The van der Waals surface area contributed by atoms with E-state index in [0.717, 1.165) is 5.56 Å². The average molecular weight is 272 g/mol. The molecular weight excluding hydrogens is 252 g/mol. The van der Waals surface area contributed by atoms with Gasteiger partial charge in [0.2, 0.25) is 10.0 Å². The topological polar surface area (TPSA) is 79.3 Å². The van der Waals surface area contributed by atoms with E-state index < -0.39 is 16.1 Å². The molecule has 0 aliphatic rings. The summed E-state index contributed by atoms with van der Waals surface area (Å²) in [5, 5.41) is 9.54. The van der Waals surface area contributed by atoms with Gasteiger partial charge in [-0.2, -0.15) is 0 Å². The Morgan fingerprint density at radius 3 is 2.50 bits per heavy atom. The first kappa shape index (κ1) is 15.1. The van der Waals surface area contributed by atoms with E-state index in [2.05, 4.69) is 9.71 Å². The number of aliphatic hydroxyl groups is 1. The minimum atomic E-state index is -3.34. The van der Waals surface area contributed by atoms with E-state index in [0.29, 0.717) is 6.42 Å². The summed E-state index contributed by atoms with van der Waals surface area (Å²) in [6.45, 7) is 3.75. The molecule has 0 amide bonds. The highest BCUT2D eigenvalue weighted by Gasteiger charge is 2.15. The highest BCUT2D eigenvalue weighted by Crippen LogP contribution is 2.02. The zero-order valence-corrected chi connectivity index (χ0v) is 11.5. The Bertz CT molecular complexity index is 446. The zero-order valence-electron chi connectivity index (χ0n) is 10.7. The molecule has 1 aromatic rings. The number of pyridine rings is 1. The van der Waals surface area contributed by atoms with E-state index in [1.54, 1.807) is 24.5 Å². The second-order valence-electron chi connectivity index (χ2n) is 4.58. The summed E-state index contributed by atoms with van der Waals surface area (Å²) in [7, 11) is -3.34. The molecule has 1 aromatic heterocycles. The summed E-state index contributed by atoms with van der Waals surface area (Å²) in [4.78, 5) is 3.87. The van der Waals surface area contributed by atoms with Gasteiger partial charge in [0.25, 0.3) is 0 Å². The fourth-order valence-electron chi connectivity index (χ4n) is 1.32. The van der Waals surface area contributed by atoms with Gasteiger partial charge in [0.05, 0.1) is 11.9 Å². The lowest BCUT2D eigenvalue weighted by Crippen LogP contribution is -2.36. The van der Waals surface area contributed by atoms with Crippen molar-refractivity contribution in [3.63, 3.8) is 0 Å². The van der Waals surface area contributed by atoms with Crippen molar-refractivity contribution < 1.29 is 13.5 Å². The minimum Gasteiger partial charge on any atom is -0.391 e. The van der Waals surface area contributed by atoms with E-state index >= 15 is 0 Å². The number of rotatable bonds is 7. The van der Waals surface area contributed by atoms with E-state index in [-0.39, 0.29) is 18.2 Å². The van der Waals surface area contributed by atoms with Crippen molar-refractivity contribution in [3.8, 4) is 0 Å². The molecule has 102 valence electrons.